The maximum absolute atomic E-state index is 11.8. The van der Waals surface area contributed by atoms with Gasteiger partial charge in [-0.2, -0.15) is 0 Å². The number of nitrogens with two attached hydrogens (primary N) is 1. The van der Waals surface area contributed by atoms with E-state index in [0.29, 0.717) is 16.1 Å². The summed E-state index contributed by atoms with van der Waals surface area (Å²) < 4.78 is 0. The van der Waals surface area contributed by atoms with Crippen LogP contribution in [0.4, 0.5) is 0 Å². The summed E-state index contributed by atoms with van der Waals surface area (Å²) in [5.74, 6) is -0.511. The van der Waals surface area contributed by atoms with E-state index in [1.807, 2.05) is 6.92 Å². The molecule has 1 aromatic carbocycles. The molecule has 0 unspecified atom stereocenters. The number of pyridine rings is 1. The summed E-state index contributed by atoms with van der Waals surface area (Å²) in [5.41, 5.74) is 7.53. The zero-order valence-corrected chi connectivity index (χ0v) is 11.5. The Kier molecular flexibility index (Phi) is 4.32. The number of H-pyrrole nitrogens is 1. The summed E-state index contributed by atoms with van der Waals surface area (Å²) in [6, 6.07) is 8.39. The van der Waals surface area contributed by atoms with Gasteiger partial charge in [-0.05, 0) is 30.7 Å². The number of rotatable bonds is 3. The predicted molar refractivity (Wildman–Crippen MR) is 75.3 cm³/mol. The van der Waals surface area contributed by atoms with Gasteiger partial charge in [-0.25, -0.2) is 9.78 Å². The van der Waals surface area contributed by atoms with Crippen molar-refractivity contribution in [2.75, 3.05) is 0 Å². The molecule has 0 radical (unpaired) electrons. The molecule has 102 valence electrons. The molecule has 0 aliphatic carbocycles. The van der Waals surface area contributed by atoms with E-state index < -0.39 is 5.97 Å². The molecule has 0 saturated carbocycles. The molecule has 0 amide bonds. The van der Waals surface area contributed by atoms with Crippen LogP contribution in [-0.4, -0.2) is 11.8 Å². The highest BCUT2D eigenvalue weighted by Gasteiger charge is 2.10. The zero-order chi connectivity index (χ0) is 14.5. The molecule has 0 saturated heterocycles. The van der Waals surface area contributed by atoms with Gasteiger partial charge in [-0.3, -0.25) is 0 Å². The number of aromatic nitrogens is 1. The lowest BCUT2D eigenvalue weighted by Crippen LogP contribution is -2.17. The molecule has 20 heavy (non-hydrogen) atoms. The second-order valence-electron chi connectivity index (χ2n) is 4.11. The average molecular weight is 291 g/mol. The molecule has 3 N–H and O–H groups in total. The number of oxime groups is 1. The number of amidine groups is 1. The topological polar surface area (TPSA) is 78.8 Å². The SMILES string of the molecule is Cc1ccc(C(=O)ON=C(N)c2ccc[nH+]c2)cc1Cl. The third-order valence-electron chi connectivity index (χ3n) is 2.64. The van der Waals surface area contributed by atoms with Crippen molar-refractivity contribution in [3.8, 4) is 0 Å². The molecule has 6 heteroatoms. The van der Waals surface area contributed by atoms with Gasteiger partial charge in [0.15, 0.2) is 18.2 Å². The Bertz CT molecular complexity index is 657. The molecule has 2 rings (SSSR count). The van der Waals surface area contributed by atoms with Crippen molar-refractivity contribution in [3.05, 3.63) is 64.4 Å². The molecule has 0 spiro atoms. The normalized spacial score (nSPS) is 11.2. The lowest BCUT2D eigenvalue weighted by atomic mass is 10.1. The fourth-order valence-corrected chi connectivity index (χ4v) is 1.65. The molecular formula is C14H13ClN3O2+. The van der Waals surface area contributed by atoms with Gasteiger partial charge in [-0.1, -0.05) is 22.8 Å². The Morgan fingerprint density at radius 2 is 2.15 bits per heavy atom. The third-order valence-corrected chi connectivity index (χ3v) is 3.04. The van der Waals surface area contributed by atoms with Crippen molar-refractivity contribution in [2.24, 2.45) is 10.9 Å². The van der Waals surface area contributed by atoms with Gasteiger partial charge in [0, 0.05) is 11.1 Å². The fourth-order valence-electron chi connectivity index (χ4n) is 1.47. The van der Waals surface area contributed by atoms with Crippen molar-refractivity contribution in [2.45, 2.75) is 6.92 Å². The Hall–Kier alpha value is -2.40. The highest BCUT2D eigenvalue weighted by atomic mass is 35.5. The highest BCUT2D eigenvalue weighted by Crippen LogP contribution is 2.17. The van der Waals surface area contributed by atoms with Crippen molar-refractivity contribution >= 4 is 23.4 Å². The number of hydrogen-bond acceptors (Lipinski definition) is 3. The van der Waals surface area contributed by atoms with Gasteiger partial charge in [0.05, 0.1) is 11.1 Å². The van der Waals surface area contributed by atoms with E-state index in [1.54, 1.807) is 36.7 Å². The van der Waals surface area contributed by atoms with Crippen LogP contribution in [0.5, 0.6) is 0 Å². The first-order chi connectivity index (χ1) is 9.58. The first-order valence-corrected chi connectivity index (χ1v) is 6.23. The molecule has 0 fully saturated rings. The zero-order valence-electron chi connectivity index (χ0n) is 10.8. The molecule has 1 aromatic heterocycles. The van der Waals surface area contributed by atoms with Crippen LogP contribution in [0.25, 0.3) is 0 Å². The summed E-state index contributed by atoms with van der Waals surface area (Å²) in [5, 5.41) is 4.10. The maximum Gasteiger partial charge on any atom is 0.365 e. The van der Waals surface area contributed by atoms with Crippen molar-refractivity contribution < 1.29 is 14.6 Å². The van der Waals surface area contributed by atoms with Crippen molar-refractivity contribution in [1.29, 1.82) is 0 Å². The Morgan fingerprint density at radius 3 is 2.80 bits per heavy atom. The van der Waals surface area contributed by atoms with Gasteiger partial charge in [0.2, 0.25) is 0 Å². The molecule has 1 heterocycles. The lowest BCUT2D eigenvalue weighted by molar-refractivity contribution is -0.378. The van der Waals surface area contributed by atoms with Gasteiger partial charge in [0.25, 0.3) is 0 Å². The number of nitrogens with one attached hydrogen (secondary N) is 1. The molecule has 0 aliphatic rings. The van der Waals surface area contributed by atoms with E-state index in [4.69, 9.17) is 22.2 Å². The van der Waals surface area contributed by atoms with Crippen LogP contribution in [0.2, 0.25) is 5.02 Å². The maximum atomic E-state index is 11.8. The Balaban J connectivity index is 2.10. The quantitative estimate of drug-likeness (QED) is 0.406. The van der Waals surface area contributed by atoms with Crippen LogP contribution in [0.3, 0.4) is 0 Å². The number of benzene rings is 1. The van der Waals surface area contributed by atoms with Crippen molar-refractivity contribution in [3.63, 3.8) is 0 Å². The van der Waals surface area contributed by atoms with Crippen LogP contribution in [0, 0.1) is 6.92 Å². The number of aromatic amines is 1. The van der Waals surface area contributed by atoms with E-state index in [-0.39, 0.29) is 5.84 Å². The monoisotopic (exact) mass is 290 g/mol. The van der Waals surface area contributed by atoms with E-state index in [0.717, 1.165) is 5.56 Å². The van der Waals surface area contributed by atoms with E-state index in [2.05, 4.69) is 10.1 Å². The standard InChI is InChI=1S/C14H12ClN3O2/c1-9-4-5-10(7-12(9)15)14(19)20-18-13(16)11-3-2-6-17-8-11/h2-8H,1H3,(H2,16,18)/p+1. The Morgan fingerprint density at radius 1 is 1.35 bits per heavy atom. The summed E-state index contributed by atoms with van der Waals surface area (Å²) in [6.07, 6.45) is 3.38. The molecule has 2 aromatic rings. The molecular weight excluding hydrogens is 278 g/mol. The number of carbonyl (C=O) groups is 1. The van der Waals surface area contributed by atoms with Crippen molar-refractivity contribution in [1.82, 2.24) is 0 Å². The smallest absolute Gasteiger partial charge is 0.365 e. The molecule has 0 aliphatic heterocycles. The van der Waals surface area contributed by atoms with Crippen LogP contribution >= 0.6 is 11.6 Å². The summed E-state index contributed by atoms with van der Waals surface area (Å²) in [7, 11) is 0. The summed E-state index contributed by atoms with van der Waals surface area (Å²) in [6.45, 7) is 1.85. The first kappa shape index (κ1) is 14.0. The fraction of sp³-hybridized carbons (Fsp3) is 0.0714. The lowest BCUT2D eigenvalue weighted by Gasteiger charge is -2.02. The van der Waals surface area contributed by atoms with Crippen LogP contribution in [0.15, 0.2) is 47.9 Å². The number of aryl methyl sites for hydroxylation is 1. The van der Waals surface area contributed by atoms with Crippen LogP contribution in [-0.2, 0) is 4.84 Å². The van der Waals surface area contributed by atoms with Gasteiger partial charge >= 0.3 is 5.97 Å². The summed E-state index contributed by atoms with van der Waals surface area (Å²) >= 11 is 5.94. The average Bonchev–Trinajstić information content (AvgIpc) is 2.48. The van der Waals surface area contributed by atoms with Crippen LogP contribution < -0.4 is 10.7 Å². The highest BCUT2D eigenvalue weighted by molar-refractivity contribution is 6.31. The van der Waals surface area contributed by atoms with Gasteiger partial charge in [-0.15, -0.1) is 0 Å². The largest absolute Gasteiger partial charge is 0.380 e. The Labute approximate surface area is 121 Å². The van der Waals surface area contributed by atoms with E-state index in [1.165, 1.54) is 6.07 Å². The number of halogens is 1. The van der Waals surface area contributed by atoms with E-state index >= 15 is 0 Å². The molecule has 0 bridgehead atoms. The molecule has 0 atom stereocenters. The second-order valence-corrected chi connectivity index (χ2v) is 4.52. The number of carbonyl (C=O) groups excluding carboxylic acids is 1. The predicted octanol–water partition coefficient (Wildman–Crippen LogP) is 1.94. The van der Waals surface area contributed by atoms with Gasteiger partial charge in [0.1, 0.15) is 0 Å². The summed E-state index contributed by atoms with van der Waals surface area (Å²) in [4.78, 5) is 19.4. The van der Waals surface area contributed by atoms with Gasteiger partial charge < -0.3 is 10.6 Å². The minimum absolute atomic E-state index is 0.105. The third kappa shape index (κ3) is 3.33. The van der Waals surface area contributed by atoms with Crippen LogP contribution in [0.1, 0.15) is 21.5 Å². The molecule has 5 nitrogen and oxygen atoms in total. The second kappa shape index (κ2) is 6.16. The minimum atomic E-state index is -0.616. The van der Waals surface area contributed by atoms with E-state index in [9.17, 15) is 4.79 Å². The first-order valence-electron chi connectivity index (χ1n) is 5.85. The number of hydrogen-bond donors (Lipinski definition) is 1. The number of nitrogens with zero attached hydrogens (tertiary/aromatic N) is 1. The minimum Gasteiger partial charge on any atom is -0.380 e.